The van der Waals surface area contributed by atoms with E-state index in [1.165, 1.54) is 25.7 Å². The molecule has 2 aromatic rings. The molecule has 6 heteroatoms. The number of aromatic nitrogens is 2. The minimum absolute atomic E-state index is 0.118. The van der Waals surface area contributed by atoms with Gasteiger partial charge in [0.25, 0.3) is 0 Å². The summed E-state index contributed by atoms with van der Waals surface area (Å²) in [7, 11) is 1.77. The predicted molar refractivity (Wildman–Crippen MR) is 103 cm³/mol. The Kier molecular flexibility index (Phi) is 6.41. The van der Waals surface area contributed by atoms with Gasteiger partial charge in [-0.3, -0.25) is 4.98 Å². The van der Waals surface area contributed by atoms with Crippen LogP contribution in [0.15, 0.2) is 42.7 Å². The highest BCUT2D eigenvalue weighted by atomic mass is 16.2. The fourth-order valence-electron chi connectivity index (χ4n) is 3.13. The highest BCUT2D eigenvalue weighted by molar-refractivity contribution is 5.73. The van der Waals surface area contributed by atoms with Crippen molar-refractivity contribution in [2.24, 2.45) is 0 Å². The van der Waals surface area contributed by atoms with Gasteiger partial charge in [-0.15, -0.1) is 0 Å². The van der Waals surface area contributed by atoms with Crippen molar-refractivity contribution < 1.29 is 4.79 Å². The van der Waals surface area contributed by atoms with E-state index in [2.05, 4.69) is 26.3 Å². The Morgan fingerprint density at radius 2 is 1.92 bits per heavy atom. The van der Waals surface area contributed by atoms with Gasteiger partial charge in [0.15, 0.2) is 0 Å². The summed E-state index contributed by atoms with van der Waals surface area (Å²) in [5, 5.41) is 2.93. The van der Waals surface area contributed by atoms with Crippen molar-refractivity contribution in [1.29, 1.82) is 0 Å². The maximum atomic E-state index is 12.2. The van der Waals surface area contributed by atoms with E-state index in [1.807, 2.05) is 30.5 Å². The summed E-state index contributed by atoms with van der Waals surface area (Å²) in [6.07, 6.45) is 8.70. The van der Waals surface area contributed by atoms with E-state index in [9.17, 15) is 4.79 Å². The lowest BCUT2D eigenvalue weighted by atomic mass is 10.2. The highest BCUT2D eigenvalue weighted by Gasteiger charge is 2.12. The number of nitrogens with zero attached hydrogens (tertiary/aromatic N) is 4. The zero-order valence-electron chi connectivity index (χ0n) is 15.4. The van der Waals surface area contributed by atoms with Crippen molar-refractivity contribution in [2.45, 2.75) is 38.8 Å². The topological polar surface area (TPSA) is 61.4 Å². The Morgan fingerprint density at radius 3 is 2.58 bits per heavy atom. The summed E-state index contributed by atoms with van der Waals surface area (Å²) in [4.78, 5) is 25.0. The van der Waals surface area contributed by atoms with E-state index in [4.69, 9.17) is 0 Å². The molecule has 1 N–H and O–H groups in total. The van der Waals surface area contributed by atoms with Crippen LogP contribution in [0.5, 0.6) is 0 Å². The summed E-state index contributed by atoms with van der Waals surface area (Å²) < 4.78 is 0. The second-order valence-corrected chi connectivity index (χ2v) is 6.76. The standard InChI is InChI=1S/C20H27N5O/c1-24(16-18-8-4-5-11-21-18)20(26)23-15-17-9-10-19(22-14-17)25-12-6-2-3-7-13-25/h4-5,8-11,14H,2-3,6-7,12-13,15-16H2,1H3,(H,23,26). The summed E-state index contributed by atoms with van der Waals surface area (Å²) >= 11 is 0. The average Bonchev–Trinajstić information content (AvgIpc) is 2.97. The Labute approximate surface area is 155 Å². The maximum absolute atomic E-state index is 12.2. The number of hydrogen-bond donors (Lipinski definition) is 1. The number of pyridine rings is 2. The van der Waals surface area contributed by atoms with Gasteiger partial charge in [-0.1, -0.05) is 25.0 Å². The number of amides is 2. The molecule has 0 aliphatic carbocycles. The molecule has 2 aromatic heterocycles. The molecular formula is C20H27N5O. The predicted octanol–water partition coefficient (Wildman–Crippen LogP) is 3.20. The lowest BCUT2D eigenvalue weighted by molar-refractivity contribution is 0.206. The molecule has 0 aromatic carbocycles. The quantitative estimate of drug-likeness (QED) is 0.897. The zero-order valence-corrected chi connectivity index (χ0v) is 15.4. The maximum Gasteiger partial charge on any atom is 0.317 e. The minimum atomic E-state index is -0.118. The molecule has 1 aliphatic heterocycles. The van der Waals surface area contributed by atoms with Crippen LogP contribution in [0, 0.1) is 0 Å². The first-order valence-electron chi connectivity index (χ1n) is 9.31. The van der Waals surface area contributed by atoms with E-state index in [-0.39, 0.29) is 6.03 Å². The third-order valence-corrected chi connectivity index (χ3v) is 4.65. The van der Waals surface area contributed by atoms with Crippen LogP contribution in [0.2, 0.25) is 0 Å². The molecule has 1 fully saturated rings. The summed E-state index contributed by atoms with van der Waals surface area (Å²) in [5.74, 6) is 1.04. The average molecular weight is 353 g/mol. The molecule has 2 amide bonds. The molecule has 0 unspecified atom stereocenters. The van der Waals surface area contributed by atoms with E-state index in [1.54, 1.807) is 18.1 Å². The number of anilines is 1. The number of rotatable bonds is 5. The van der Waals surface area contributed by atoms with Gasteiger partial charge in [0.05, 0.1) is 12.2 Å². The van der Waals surface area contributed by atoms with Crippen LogP contribution in [-0.2, 0) is 13.1 Å². The number of hydrogen-bond acceptors (Lipinski definition) is 4. The molecular weight excluding hydrogens is 326 g/mol. The summed E-state index contributed by atoms with van der Waals surface area (Å²) in [6.45, 7) is 3.13. The van der Waals surface area contributed by atoms with Crippen LogP contribution in [-0.4, -0.2) is 41.0 Å². The van der Waals surface area contributed by atoms with Crippen molar-refractivity contribution in [3.63, 3.8) is 0 Å². The zero-order chi connectivity index (χ0) is 18.2. The molecule has 0 spiro atoms. The summed E-state index contributed by atoms with van der Waals surface area (Å²) in [5.41, 5.74) is 1.87. The van der Waals surface area contributed by atoms with Gasteiger partial charge in [0.1, 0.15) is 5.82 Å². The SMILES string of the molecule is CN(Cc1ccccn1)C(=O)NCc1ccc(N2CCCCCC2)nc1. The van der Waals surface area contributed by atoms with Crippen molar-refractivity contribution in [3.8, 4) is 0 Å². The molecule has 1 saturated heterocycles. The molecule has 3 heterocycles. The normalized spacial score (nSPS) is 14.6. The Hall–Kier alpha value is -2.63. The molecule has 26 heavy (non-hydrogen) atoms. The van der Waals surface area contributed by atoms with Crippen molar-refractivity contribution in [3.05, 3.63) is 54.0 Å². The fraction of sp³-hybridized carbons (Fsp3) is 0.450. The van der Waals surface area contributed by atoms with Crippen molar-refractivity contribution in [2.75, 3.05) is 25.0 Å². The van der Waals surface area contributed by atoms with Gasteiger partial charge in [-0.05, 0) is 36.6 Å². The summed E-state index contributed by atoms with van der Waals surface area (Å²) in [6, 6.07) is 9.69. The van der Waals surface area contributed by atoms with Crippen molar-refractivity contribution in [1.82, 2.24) is 20.2 Å². The molecule has 0 saturated carbocycles. The van der Waals surface area contributed by atoms with E-state index < -0.39 is 0 Å². The van der Waals surface area contributed by atoms with Gasteiger partial charge < -0.3 is 15.1 Å². The van der Waals surface area contributed by atoms with Crippen LogP contribution in [0.25, 0.3) is 0 Å². The molecule has 138 valence electrons. The van der Waals surface area contributed by atoms with Gasteiger partial charge in [-0.2, -0.15) is 0 Å². The third-order valence-electron chi connectivity index (χ3n) is 4.65. The Balaban J connectivity index is 1.48. The number of carbonyl (C=O) groups excluding carboxylic acids is 1. The van der Waals surface area contributed by atoms with Crippen LogP contribution < -0.4 is 10.2 Å². The van der Waals surface area contributed by atoms with E-state index in [0.717, 1.165) is 30.2 Å². The highest BCUT2D eigenvalue weighted by Crippen LogP contribution is 2.17. The lowest BCUT2D eigenvalue weighted by Gasteiger charge is -2.21. The second kappa shape index (κ2) is 9.17. The Morgan fingerprint density at radius 1 is 1.12 bits per heavy atom. The molecule has 1 aliphatic rings. The second-order valence-electron chi connectivity index (χ2n) is 6.76. The lowest BCUT2D eigenvalue weighted by Crippen LogP contribution is -2.36. The molecule has 3 rings (SSSR count). The Bertz CT molecular complexity index is 681. The van der Waals surface area contributed by atoms with E-state index in [0.29, 0.717) is 13.1 Å². The van der Waals surface area contributed by atoms with Gasteiger partial charge in [0.2, 0.25) is 0 Å². The first-order chi connectivity index (χ1) is 12.7. The van der Waals surface area contributed by atoms with Crippen LogP contribution in [0.3, 0.4) is 0 Å². The van der Waals surface area contributed by atoms with Crippen LogP contribution >= 0.6 is 0 Å². The molecule has 6 nitrogen and oxygen atoms in total. The first kappa shape index (κ1) is 18.2. The smallest absolute Gasteiger partial charge is 0.317 e. The first-order valence-corrected chi connectivity index (χ1v) is 9.31. The van der Waals surface area contributed by atoms with Gasteiger partial charge in [-0.25, -0.2) is 9.78 Å². The van der Waals surface area contributed by atoms with Crippen LogP contribution in [0.1, 0.15) is 36.9 Å². The monoisotopic (exact) mass is 353 g/mol. The largest absolute Gasteiger partial charge is 0.357 e. The van der Waals surface area contributed by atoms with Crippen LogP contribution in [0.4, 0.5) is 10.6 Å². The van der Waals surface area contributed by atoms with Crippen molar-refractivity contribution >= 4 is 11.8 Å². The molecule has 0 atom stereocenters. The molecule has 0 radical (unpaired) electrons. The number of urea groups is 1. The minimum Gasteiger partial charge on any atom is -0.357 e. The molecule has 0 bridgehead atoms. The van der Waals surface area contributed by atoms with E-state index >= 15 is 0 Å². The fourth-order valence-corrected chi connectivity index (χ4v) is 3.13. The third kappa shape index (κ3) is 5.18. The van der Waals surface area contributed by atoms with Gasteiger partial charge in [0, 0.05) is 39.1 Å². The number of nitrogens with one attached hydrogen (secondary N) is 1. The van der Waals surface area contributed by atoms with Gasteiger partial charge >= 0.3 is 6.03 Å². The number of carbonyl (C=O) groups is 1.